The zero-order valence-corrected chi connectivity index (χ0v) is 20.6. The van der Waals surface area contributed by atoms with Crippen molar-refractivity contribution in [2.45, 2.75) is 31.5 Å². The second kappa shape index (κ2) is 8.23. The molecule has 2 aliphatic heterocycles. The molecule has 2 fully saturated rings. The van der Waals surface area contributed by atoms with Gasteiger partial charge in [0.2, 0.25) is 0 Å². The molecule has 6 rings (SSSR count). The fraction of sp³-hybridized carbons (Fsp3) is 0.370. The molecule has 0 amide bonds. The molecule has 4 aromatic rings. The van der Waals surface area contributed by atoms with Crippen molar-refractivity contribution in [1.82, 2.24) is 29.1 Å². The van der Waals surface area contributed by atoms with E-state index in [4.69, 9.17) is 4.98 Å². The van der Waals surface area contributed by atoms with E-state index in [1.54, 1.807) is 12.3 Å². The zero-order valence-electron chi connectivity index (χ0n) is 20.6. The fourth-order valence-corrected chi connectivity index (χ4v) is 5.74. The molecular formula is C27H28FN7O. The van der Waals surface area contributed by atoms with Crippen molar-refractivity contribution in [1.29, 1.82) is 5.26 Å². The lowest BCUT2D eigenvalue weighted by Crippen LogP contribution is -2.59. The number of aliphatic hydroxyl groups excluding tert-OH is 1. The Bertz CT molecular complexity index is 1530. The van der Waals surface area contributed by atoms with E-state index in [1.165, 1.54) is 12.1 Å². The Morgan fingerprint density at radius 2 is 1.94 bits per heavy atom. The lowest BCUT2D eigenvalue weighted by Gasteiger charge is -2.48. The Kier molecular flexibility index (Phi) is 5.23. The molecule has 4 heterocycles. The van der Waals surface area contributed by atoms with Crippen LogP contribution in [0.1, 0.15) is 36.0 Å². The molecule has 8 nitrogen and oxygen atoms in total. The number of likely N-dealkylation sites (tertiary alicyclic amines) is 2. The van der Waals surface area contributed by atoms with Gasteiger partial charge in [0.05, 0.1) is 17.3 Å². The summed E-state index contributed by atoms with van der Waals surface area (Å²) in [4.78, 5) is 9.34. The zero-order chi connectivity index (χ0) is 25.2. The molecular weight excluding hydrogens is 457 g/mol. The van der Waals surface area contributed by atoms with E-state index in [0.717, 1.165) is 54.8 Å². The number of nitrogens with zero attached hydrogens (tertiary/aromatic N) is 7. The Morgan fingerprint density at radius 3 is 2.61 bits per heavy atom. The summed E-state index contributed by atoms with van der Waals surface area (Å²) in [6, 6.07) is 12.4. The summed E-state index contributed by atoms with van der Waals surface area (Å²) < 4.78 is 18.4. The number of imidazole rings is 1. The second-order valence-electron chi connectivity index (χ2n) is 10.0. The maximum absolute atomic E-state index is 14.6. The molecule has 0 radical (unpaired) electrons. The van der Waals surface area contributed by atoms with Gasteiger partial charge in [-0.05, 0) is 63.2 Å². The summed E-state index contributed by atoms with van der Waals surface area (Å²) in [6.45, 7) is 4.60. The summed E-state index contributed by atoms with van der Waals surface area (Å²) in [5.41, 5.74) is 3.84. The van der Waals surface area contributed by atoms with Crippen LogP contribution in [0.2, 0.25) is 0 Å². The van der Waals surface area contributed by atoms with Crippen LogP contribution in [0.15, 0.2) is 42.6 Å². The quantitative estimate of drug-likeness (QED) is 0.476. The SMILES string of the molecule is Cc1c(C(O)N2CCC3(CCN3C)C2)nc(-c2ccc(C#N)c(F)c2)n1-c1ccc2c(cnn2C)c1. The van der Waals surface area contributed by atoms with Crippen molar-refractivity contribution in [2.75, 3.05) is 26.7 Å². The average Bonchev–Trinajstić information content (AvgIpc) is 3.59. The van der Waals surface area contributed by atoms with Crippen molar-refractivity contribution in [3.63, 3.8) is 0 Å². The van der Waals surface area contributed by atoms with Gasteiger partial charge in [0.25, 0.3) is 0 Å². The number of likely N-dealkylation sites (N-methyl/N-ethyl adjacent to an activating group) is 1. The van der Waals surface area contributed by atoms with Gasteiger partial charge in [-0.2, -0.15) is 10.4 Å². The molecule has 9 heteroatoms. The van der Waals surface area contributed by atoms with Crippen molar-refractivity contribution in [2.24, 2.45) is 7.05 Å². The number of hydrogen-bond donors (Lipinski definition) is 1. The van der Waals surface area contributed by atoms with Crippen molar-refractivity contribution < 1.29 is 9.50 Å². The number of aromatic nitrogens is 4. The summed E-state index contributed by atoms with van der Waals surface area (Å²) in [7, 11) is 4.04. The maximum atomic E-state index is 14.6. The van der Waals surface area contributed by atoms with Gasteiger partial charge >= 0.3 is 0 Å². The third-order valence-electron chi connectivity index (χ3n) is 8.15. The van der Waals surface area contributed by atoms with Gasteiger partial charge in [-0.3, -0.25) is 19.0 Å². The van der Waals surface area contributed by atoms with Crippen LogP contribution in [0.5, 0.6) is 0 Å². The molecule has 0 bridgehead atoms. The van der Waals surface area contributed by atoms with Crippen LogP contribution in [0.3, 0.4) is 0 Å². The Morgan fingerprint density at radius 1 is 1.14 bits per heavy atom. The van der Waals surface area contributed by atoms with Crippen LogP contribution in [-0.4, -0.2) is 66.5 Å². The van der Waals surface area contributed by atoms with Gasteiger partial charge < -0.3 is 5.11 Å². The summed E-state index contributed by atoms with van der Waals surface area (Å²) >= 11 is 0. The fourth-order valence-electron chi connectivity index (χ4n) is 5.74. The molecule has 1 N–H and O–H groups in total. The lowest BCUT2D eigenvalue weighted by molar-refractivity contribution is -0.0241. The first-order valence-electron chi connectivity index (χ1n) is 12.2. The monoisotopic (exact) mass is 485 g/mol. The molecule has 36 heavy (non-hydrogen) atoms. The Hall–Kier alpha value is -3.58. The van der Waals surface area contributed by atoms with E-state index >= 15 is 0 Å². The molecule has 184 valence electrons. The number of benzene rings is 2. The van der Waals surface area contributed by atoms with Crippen LogP contribution in [0.4, 0.5) is 4.39 Å². The highest BCUT2D eigenvalue weighted by Gasteiger charge is 2.48. The Labute approximate surface area is 208 Å². The number of fused-ring (bicyclic) bond motifs is 1. The predicted octanol–water partition coefficient (Wildman–Crippen LogP) is 3.52. The number of rotatable bonds is 4. The third-order valence-corrected chi connectivity index (χ3v) is 8.15. The van der Waals surface area contributed by atoms with E-state index in [1.807, 2.05) is 47.5 Å². The van der Waals surface area contributed by atoms with Crippen LogP contribution >= 0.6 is 0 Å². The number of nitriles is 1. The normalized spacial score (nSPS) is 21.2. The minimum atomic E-state index is -0.872. The number of hydrogen-bond acceptors (Lipinski definition) is 6. The third kappa shape index (κ3) is 3.37. The maximum Gasteiger partial charge on any atom is 0.152 e. The van der Waals surface area contributed by atoms with Crippen molar-refractivity contribution >= 4 is 10.9 Å². The van der Waals surface area contributed by atoms with Gasteiger partial charge in [0.1, 0.15) is 23.4 Å². The molecule has 1 spiro atoms. The van der Waals surface area contributed by atoms with Gasteiger partial charge in [0.15, 0.2) is 6.23 Å². The molecule has 2 aromatic carbocycles. The summed E-state index contributed by atoms with van der Waals surface area (Å²) in [5, 5.41) is 26.0. The first-order chi connectivity index (χ1) is 17.3. The van der Waals surface area contributed by atoms with E-state index in [0.29, 0.717) is 17.1 Å². The van der Waals surface area contributed by atoms with E-state index < -0.39 is 12.0 Å². The van der Waals surface area contributed by atoms with Gasteiger partial charge in [0, 0.05) is 54.6 Å². The highest BCUT2D eigenvalue weighted by atomic mass is 19.1. The largest absolute Gasteiger partial charge is 0.372 e. The van der Waals surface area contributed by atoms with Crippen LogP contribution < -0.4 is 0 Å². The van der Waals surface area contributed by atoms with E-state index in [-0.39, 0.29) is 11.1 Å². The van der Waals surface area contributed by atoms with E-state index in [2.05, 4.69) is 21.9 Å². The number of aliphatic hydroxyl groups is 1. The van der Waals surface area contributed by atoms with Crippen LogP contribution in [0.25, 0.3) is 28.0 Å². The minimum absolute atomic E-state index is 0.0161. The highest BCUT2D eigenvalue weighted by Crippen LogP contribution is 2.41. The van der Waals surface area contributed by atoms with Crippen LogP contribution in [0, 0.1) is 24.1 Å². The molecule has 2 aliphatic rings. The summed E-state index contributed by atoms with van der Waals surface area (Å²) in [6.07, 6.45) is 3.09. The average molecular weight is 486 g/mol. The number of halogens is 1. The topological polar surface area (TPSA) is 86.1 Å². The molecule has 2 unspecified atom stereocenters. The molecule has 2 saturated heterocycles. The van der Waals surface area contributed by atoms with Crippen molar-refractivity contribution in [3.05, 3.63) is 65.4 Å². The first kappa shape index (κ1) is 22.9. The highest BCUT2D eigenvalue weighted by molar-refractivity contribution is 5.81. The summed E-state index contributed by atoms with van der Waals surface area (Å²) in [5.74, 6) is -0.0793. The van der Waals surface area contributed by atoms with Gasteiger partial charge in [-0.15, -0.1) is 0 Å². The molecule has 0 aliphatic carbocycles. The van der Waals surface area contributed by atoms with Gasteiger partial charge in [-0.1, -0.05) is 0 Å². The lowest BCUT2D eigenvalue weighted by atomic mass is 9.85. The molecule has 2 aromatic heterocycles. The smallest absolute Gasteiger partial charge is 0.152 e. The first-order valence-corrected chi connectivity index (χ1v) is 12.2. The van der Waals surface area contributed by atoms with E-state index in [9.17, 15) is 14.8 Å². The van der Waals surface area contributed by atoms with Gasteiger partial charge in [-0.25, -0.2) is 9.37 Å². The standard InChI is InChI=1S/C27H28FN7O/c1-17-24(26(36)34-11-9-27(16-34)8-10-32(27)2)31-25(18-4-5-19(14-29)22(28)13-18)35(17)21-6-7-23-20(12-21)15-30-33(23)3/h4-7,12-13,15,26,36H,8-11,16H2,1-3H3. The molecule has 2 atom stereocenters. The van der Waals surface area contributed by atoms with Crippen LogP contribution in [-0.2, 0) is 7.05 Å². The number of aryl methyl sites for hydroxylation is 1. The minimum Gasteiger partial charge on any atom is -0.372 e. The van der Waals surface area contributed by atoms with Crippen molar-refractivity contribution in [3.8, 4) is 23.1 Å². The second-order valence-corrected chi connectivity index (χ2v) is 10.0. The Balaban J connectivity index is 1.47. The predicted molar refractivity (Wildman–Crippen MR) is 134 cm³/mol. The molecule has 0 saturated carbocycles.